The lowest BCUT2D eigenvalue weighted by Crippen LogP contribution is -2.19. The van der Waals surface area contributed by atoms with Gasteiger partial charge in [0, 0.05) is 10.7 Å². The molecule has 0 aliphatic rings. The lowest BCUT2D eigenvalue weighted by atomic mass is 10.2. The number of amides is 1. The summed E-state index contributed by atoms with van der Waals surface area (Å²) in [6.07, 6.45) is 2.94. The molecule has 154 valence electrons. The van der Waals surface area contributed by atoms with Crippen molar-refractivity contribution in [2.45, 2.75) is 19.0 Å². The van der Waals surface area contributed by atoms with Crippen LogP contribution in [0.3, 0.4) is 0 Å². The number of benzene rings is 1. The van der Waals surface area contributed by atoms with Gasteiger partial charge in [0.15, 0.2) is 0 Å². The Balaban J connectivity index is 1.47. The van der Waals surface area contributed by atoms with Gasteiger partial charge in [0.2, 0.25) is 11.1 Å². The van der Waals surface area contributed by atoms with Gasteiger partial charge in [0.05, 0.1) is 22.8 Å². The summed E-state index contributed by atoms with van der Waals surface area (Å²) >= 11 is 7.24. The monoisotopic (exact) mass is 444 g/mol. The van der Waals surface area contributed by atoms with Crippen LogP contribution in [0.25, 0.3) is 11.6 Å². The number of hydrogen-bond acceptors (Lipinski definition) is 8. The largest absolute Gasteiger partial charge is 0.334 e. The Kier molecular flexibility index (Phi) is 5.42. The second kappa shape index (κ2) is 8.16. The molecule has 0 saturated carbocycles. The molecule has 0 fully saturated rings. The first kappa shape index (κ1) is 19.9. The van der Waals surface area contributed by atoms with Gasteiger partial charge in [-0.15, -0.1) is 10.2 Å². The molecule has 3 N–H and O–H groups in total. The maximum absolute atomic E-state index is 12.5. The number of thioether (sulfide) groups is 1. The van der Waals surface area contributed by atoms with Crippen molar-refractivity contribution in [3.05, 3.63) is 53.3 Å². The Morgan fingerprint density at radius 3 is 2.80 bits per heavy atom. The number of carbonyl (C=O) groups excluding carboxylic acids is 1. The SMILES string of the molecule is Cc1cc(C)n(-c2nnc(SCC(=O)Nc3cc(Cl)ccc3-n3cncn3)n2N)n1. The Morgan fingerprint density at radius 1 is 1.27 bits per heavy atom. The lowest BCUT2D eigenvalue weighted by Gasteiger charge is -2.11. The van der Waals surface area contributed by atoms with E-state index in [4.69, 9.17) is 17.4 Å². The number of halogens is 1. The summed E-state index contributed by atoms with van der Waals surface area (Å²) < 4.78 is 4.44. The Morgan fingerprint density at radius 2 is 2.10 bits per heavy atom. The third-order valence-corrected chi connectivity index (χ3v) is 5.25. The predicted molar refractivity (Wildman–Crippen MR) is 112 cm³/mol. The van der Waals surface area contributed by atoms with E-state index in [1.54, 1.807) is 22.9 Å². The van der Waals surface area contributed by atoms with Crippen molar-refractivity contribution in [2.75, 3.05) is 16.9 Å². The number of nitrogens with two attached hydrogens (primary N) is 1. The molecule has 13 heteroatoms. The molecule has 0 aliphatic heterocycles. The van der Waals surface area contributed by atoms with Crippen LogP contribution in [-0.2, 0) is 4.79 Å². The van der Waals surface area contributed by atoms with Crippen molar-refractivity contribution in [1.82, 2.24) is 39.4 Å². The number of hydrogen-bond donors (Lipinski definition) is 2. The number of nitrogens with one attached hydrogen (secondary N) is 1. The molecule has 0 spiro atoms. The molecule has 4 rings (SSSR count). The van der Waals surface area contributed by atoms with E-state index < -0.39 is 0 Å². The Hall–Kier alpha value is -3.38. The number of nitrogen functional groups attached to an aromatic ring is 1. The van der Waals surface area contributed by atoms with Crippen LogP contribution in [-0.4, -0.2) is 51.1 Å². The number of carbonyl (C=O) groups is 1. The normalized spacial score (nSPS) is 11.0. The number of anilines is 1. The van der Waals surface area contributed by atoms with E-state index in [0.29, 0.717) is 27.5 Å². The van der Waals surface area contributed by atoms with E-state index in [1.165, 1.54) is 22.0 Å². The summed E-state index contributed by atoms with van der Waals surface area (Å²) in [5.74, 6) is 6.27. The van der Waals surface area contributed by atoms with Gasteiger partial charge in [-0.3, -0.25) is 4.79 Å². The first-order chi connectivity index (χ1) is 14.4. The number of aromatic nitrogens is 8. The third kappa shape index (κ3) is 4.00. The fourth-order valence-electron chi connectivity index (χ4n) is 2.80. The van der Waals surface area contributed by atoms with Crippen LogP contribution in [0.1, 0.15) is 11.4 Å². The molecule has 0 atom stereocenters. The fourth-order valence-corrected chi connectivity index (χ4v) is 3.62. The first-order valence-electron chi connectivity index (χ1n) is 8.73. The minimum atomic E-state index is -0.265. The molecular weight excluding hydrogens is 428 g/mol. The Labute approximate surface area is 180 Å². The van der Waals surface area contributed by atoms with E-state index >= 15 is 0 Å². The van der Waals surface area contributed by atoms with E-state index in [1.807, 2.05) is 19.9 Å². The van der Waals surface area contributed by atoms with Crippen LogP contribution in [0.4, 0.5) is 5.69 Å². The van der Waals surface area contributed by atoms with Crippen molar-refractivity contribution < 1.29 is 4.79 Å². The van der Waals surface area contributed by atoms with Crippen molar-refractivity contribution >= 4 is 35.0 Å². The summed E-state index contributed by atoms with van der Waals surface area (Å²) in [5.41, 5.74) is 2.87. The molecule has 0 aliphatic carbocycles. The van der Waals surface area contributed by atoms with Crippen LogP contribution in [0.5, 0.6) is 0 Å². The summed E-state index contributed by atoms with van der Waals surface area (Å²) in [7, 11) is 0. The third-order valence-electron chi connectivity index (χ3n) is 4.08. The van der Waals surface area contributed by atoms with Crippen LogP contribution in [0.2, 0.25) is 5.02 Å². The quantitative estimate of drug-likeness (QED) is 0.339. The highest BCUT2D eigenvalue weighted by Crippen LogP contribution is 2.25. The van der Waals surface area contributed by atoms with E-state index in [-0.39, 0.29) is 11.7 Å². The van der Waals surface area contributed by atoms with Gasteiger partial charge in [0.25, 0.3) is 5.95 Å². The minimum Gasteiger partial charge on any atom is -0.334 e. The van der Waals surface area contributed by atoms with Crippen LogP contribution in [0, 0.1) is 13.8 Å². The molecule has 0 unspecified atom stereocenters. The lowest BCUT2D eigenvalue weighted by molar-refractivity contribution is -0.113. The molecule has 11 nitrogen and oxygen atoms in total. The van der Waals surface area contributed by atoms with Gasteiger partial charge >= 0.3 is 0 Å². The zero-order chi connectivity index (χ0) is 21.3. The van der Waals surface area contributed by atoms with Gasteiger partial charge in [-0.2, -0.15) is 10.2 Å². The number of rotatable bonds is 6. The average Bonchev–Trinajstić information content (AvgIpc) is 3.41. The van der Waals surface area contributed by atoms with Gasteiger partial charge in [-0.25, -0.2) is 19.0 Å². The molecule has 4 aromatic rings. The molecule has 0 saturated heterocycles. The molecule has 1 amide bonds. The minimum absolute atomic E-state index is 0.0652. The van der Waals surface area contributed by atoms with Gasteiger partial charge in [0.1, 0.15) is 12.7 Å². The maximum atomic E-state index is 12.5. The molecular formula is C17H17ClN10OS. The summed E-state index contributed by atoms with van der Waals surface area (Å²) in [6, 6.07) is 7.01. The smallest absolute Gasteiger partial charge is 0.271 e. The summed E-state index contributed by atoms with van der Waals surface area (Å²) in [6.45, 7) is 3.77. The van der Waals surface area contributed by atoms with Crippen molar-refractivity contribution in [1.29, 1.82) is 0 Å². The van der Waals surface area contributed by atoms with E-state index in [0.717, 1.165) is 23.1 Å². The summed E-state index contributed by atoms with van der Waals surface area (Å²) in [4.78, 5) is 16.5. The zero-order valence-electron chi connectivity index (χ0n) is 16.0. The molecule has 0 bridgehead atoms. The standard InChI is InChI=1S/C17H17ClN10OS/c1-10-5-11(2)28(25-10)16-23-24-17(27(16)19)30-7-15(29)22-13-6-12(18)3-4-14(13)26-9-20-8-21-26/h3-6,8-9H,7,19H2,1-2H3,(H,22,29). The van der Waals surface area contributed by atoms with Crippen LogP contribution >= 0.6 is 23.4 Å². The van der Waals surface area contributed by atoms with Crippen LogP contribution < -0.4 is 11.2 Å². The van der Waals surface area contributed by atoms with Gasteiger partial charge < -0.3 is 11.2 Å². The van der Waals surface area contributed by atoms with Gasteiger partial charge in [-0.1, -0.05) is 23.4 Å². The highest BCUT2D eigenvalue weighted by molar-refractivity contribution is 7.99. The number of nitrogens with zero attached hydrogens (tertiary/aromatic N) is 8. The Bertz CT molecular complexity index is 1200. The van der Waals surface area contributed by atoms with E-state index in [2.05, 4.69) is 30.7 Å². The molecule has 1 aromatic carbocycles. The highest BCUT2D eigenvalue weighted by atomic mass is 35.5. The first-order valence-corrected chi connectivity index (χ1v) is 10.1. The van der Waals surface area contributed by atoms with Crippen molar-refractivity contribution in [2.24, 2.45) is 0 Å². The maximum Gasteiger partial charge on any atom is 0.271 e. The molecule has 3 heterocycles. The molecule has 30 heavy (non-hydrogen) atoms. The van der Waals surface area contributed by atoms with Gasteiger partial charge in [-0.05, 0) is 38.1 Å². The highest BCUT2D eigenvalue weighted by Gasteiger charge is 2.17. The molecule has 0 radical (unpaired) electrons. The average molecular weight is 445 g/mol. The van der Waals surface area contributed by atoms with Crippen molar-refractivity contribution in [3.8, 4) is 11.6 Å². The molecule has 3 aromatic heterocycles. The number of aryl methyl sites for hydroxylation is 2. The summed E-state index contributed by atoms with van der Waals surface area (Å²) in [5, 5.41) is 20.3. The zero-order valence-corrected chi connectivity index (χ0v) is 17.6. The van der Waals surface area contributed by atoms with Crippen LogP contribution in [0.15, 0.2) is 42.1 Å². The topological polar surface area (TPSA) is 134 Å². The van der Waals surface area contributed by atoms with Crippen molar-refractivity contribution in [3.63, 3.8) is 0 Å². The fraction of sp³-hybridized carbons (Fsp3) is 0.176. The second-order valence-electron chi connectivity index (χ2n) is 6.33. The second-order valence-corrected chi connectivity index (χ2v) is 7.71. The van der Waals surface area contributed by atoms with E-state index in [9.17, 15) is 4.79 Å². The predicted octanol–water partition coefficient (Wildman–Crippen LogP) is 1.76.